The van der Waals surface area contributed by atoms with Crippen molar-refractivity contribution < 1.29 is 74.9 Å². The van der Waals surface area contributed by atoms with E-state index in [1.54, 1.807) is 45.2 Å². The average molecular weight is 1370 g/mol. The molecule has 9 rings (SSSR count). The maximum absolute atomic E-state index is 11.2. The lowest BCUT2D eigenvalue weighted by Gasteiger charge is -2.32. The number of methoxy groups -OCH3 is 1. The van der Waals surface area contributed by atoms with Crippen molar-refractivity contribution >= 4 is 24.9 Å². The van der Waals surface area contributed by atoms with Crippen LogP contribution in [0.1, 0.15) is 185 Å². The fourth-order valence-corrected chi connectivity index (χ4v) is 12.7. The Bertz CT molecular complexity index is 4470. The Morgan fingerprint density at radius 2 is 0.822 bits per heavy atom. The van der Waals surface area contributed by atoms with Gasteiger partial charge in [-0.25, -0.2) is 0 Å². The van der Waals surface area contributed by atoms with Gasteiger partial charge in [-0.2, -0.15) is 0 Å². The number of fused-ring (bicyclic) bond motifs is 1. The van der Waals surface area contributed by atoms with Crippen molar-refractivity contribution in [3.8, 4) is 69.0 Å². The van der Waals surface area contributed by atoms with Gasteiger partial charge < -0.3 is 60.5 Å². The van der Waals surface area contributed by atoms with E-state index in [-0.39, 0.29) is 68.7 Å². The molecule has 0 spiro atoms. The molecule has 15 heteroatoms. The van der Waals surface area contributed by atoms with Crippen molar-refractivity contribution in [2.45, 2.75) is 173 Å². The number of aryl methyl sites for hydroxylation is 4. The van der Waals surface area contributed by atoms with Crippen molar-refractivity contribution in [2.24, 2.45) is 0 Å². The Morgan fingerprint density at radius 3 is 1.25 bits per heavy atom. The molecule has 101 heavy (non-hydrogen) atoms. The van der Waals surface area contributed by atoms with E-state index in [0.717, 1.165) is 118 Å². The second-order valence-corrected chi connectivity index (χ2v) is 26.8. The van der Waals surface area contributed by atoms with E-state index in [9.17, 15) is 65.4 Å². The molecule has 0 radical (unpaired) electrons. The molecule has 1 heterocycles. The molecule has 0 saturated heterocycles. The van der Waals surface area contributed by atoms with E-state index in [2.05, 4.69) is 78.0 Å². The van der Waals surface area contributed by atoms with Crippen LogP contribution in [0.25, 0.3) is 6.08 Å². The standard InChI is InChI=1S/C22H24O3.C22H28O3.C21H24O5.C21H24O4/c1-14-5-6-21-17(11-14)7-9-22(4,25-21)10-8-18-15(2)12-20(24)19(13-23)16(18)3;1-14(6-8-18-13-19(23)9-11-21(18)24)7-10-20-15(2)12-22(25-5)17(4)16(20)3;1-12(4-6-15-10-16(23)7-9-19(15)24)5-8-17-13(2)18(11-22)21(26)20(25)14(17)3;1-13(4-6-16-11-17(23)7-9-20(16)24)5-8-18-14(2)10-21(25)19(12-22)15(18)3/h5-7,9,11-13,24H,8,10H2,1-4H3;6,9,11-13,23-24H,7-8,10H2,1-5H3;4,7,9-11,23-26H,5-6,8H2,1-3H3;4,7,9-12,23-25H,5-6,8H2,1-3H3/b;14-6+;12-4+;13-4+. The first-order valence-electron chi connectivity index (χ1n) is 33.9. The van der Waals surface area contributed by atoms with Crippen LogP contribution in [0.5, 0.6) is 69.0 Å². The third kappa shape index (κ3) is 21.0. The molecule has 8 aromatic carbocycles. The highest BCUT2D eigenvalue weighted by Crippen LogP contribution is 2.40. The van der Waals surface area contributed by atoms with Gasteiger partial charge in [-0.15, -0.1) is 0 Å². The van der Waals surface area contributed by atoms with Gasteiger partial charge in [-0.3, -0.25) is 14.4 Å². The first kappa shape index (κ1) is 79.3. The van der Waals surface area contributed by atoms with Gasteiger partial charge in [-0.1, -0.05) is 52.7 Å². The molecule has 0 bridgehead atoms. The van der Waals surface area contributed by atoms with Crippen LogP contribution in [-0.4, -0.2) is 82.6 Å². The molecule has 534 valence electrons. The Morgan fingerprint density at radius 1 is 0.426 bits per heavy atom. The van der Waals surface area contributed by atoms with E-state index in [4.69, 9.17) is 9.47 Å². The van der Waals surface area contributed by atoms with Gasteiger partial charge in [0, 0.05) is 22.3 Å². The minimum Gasteiger partial charge on any atom is -0.508 e. The normalized spacial score (nSPS) is 13.3. The van der Waals surface area contributed by atoms with Crippen molar-refractivity contribution in [1.29, 1.82) is 0 Å². The number of carbonyl (C=O) groups excluding carboxylic acids is 3. The maximum Gasteiger partial charge on any atom is 0.168 e. The second-order valence-electron chi connectivity index (χ2n) is 26.8. The number of rotatable bonds is 22. The third-order valence-electron chi connectivity index (χ3n) is 19.4. The van der Waals surface area contributed by atoms with E-state index in [1.165, 1.54) is 75.9 Å². The molecule has 0 aromatic heterocycles. The minimum absolute atomic E-state index is 0.0281. The zero-order valence-corrected chi connectivity index (χ0v) is 61.1. The summed E-state index contributed by atoms with van der Waals surface area (Å²) in [5, 5.41) is 97.7. The van der Waals surface area contributed by atoms with Gasteiger partial charge in [0.05, 0.1) is 23.8 Å². The molecule has 10 N–H and O–H groups in total. The van der Waals surface area contributed by atoms with E-state index in [1.807, 2.05) is 59.8 Å². The summed E-state index contributed by atoms with van der Waals surface area (Å²) in [7, 11) is 1.71. The Labute approximate surface area is 595 Å². The Kier molecular flexibility index (Phi) is 28.2. The minimum atomic E-state index is -0.389. The van der Waals surface area contributed by atoms with Crippen LogP contribution in [0.15, 0.2) is 132 Å². The first-order chi connectivity index (χ1) is 47.7. The van der Waals surface area contributed by atoms with Gasteiger partial charge in [-0.05, 0) is 331 Å². The number of hydrogen-bond donors (Lipinski definition) is 10. The molecule has 1 aliphatic heterocycles. The molecule has 1 atom stereocenters. The number of hydrogen-bond acceptors (Lipinski definition) is 15. The molecular weight excluding hydrogens is 1270 g/mol. The molecule has 0 saturated carbocycles. The molecule has 0 aliphatic carbocycles. The van der Waals surface area contributed by atoms with Crippen molar-refractivity contribution in [3.63, 3.8) is 0 Å². The summed E-state index contributed by atoms with van der Waals surface area (Å²) in [6, 6.07) is 25.2. The lowest BCUT2D eigenvalue weighted by Crippen LogP contribution is -2.32. The van der Waals surface area contributed by atoms with E-state index < -0.39 is 0 Å². The largest absolute Gasteiger partial charge is 0.508 e. The summed E-state index contributed by atoms with van der Waals surface area (Å²) in [5.41, 5.74) is 21.4. The number of allylic oxidation sites excluding steroid dienone is 6. The second kappa shape index (κ2) is 35.9. The summed E-state index contributed by atoms with van der Waals surface area (Å²) in [6.07, 6.45) is 20.4. The Hall–Kier alpha value is -10.7. The number of ether oxygens (including phenoxy) is 2. The van der Waals surface area contributed by atoms with E-state index in [0.29, 0.717) is 78.1 Å². The van der Waals surface area contributed by atoms with E-state index >= 15 is 0 Å². The molecular formula is C86H100O15. The van der Waals surface area contributed by atoms with Gasteiger partial charge in [0.25, 0.3) is 0 Å². The van der Waals surface area contributed by atoms with Crippen LogP contribution in [0.3, 0.4) is 0 Å². The SMILES string of the molecule is C/C(=C\Cc1cc(O)ccc1O)CCc1c(C)c(O)c(O)c(C=O)c1C.C/C(=C\Cc1cc(O)ccc1O)CCc1c(C)cc(O)c(C=O)c1C.COc1cc(C)c(CC/C(C)=C/Cc2cc(O)ccc2O)c(C)c1C.Cc1ccc2c(c1)C=CC(C)(CCc1c(C)cc(O)c(C=O)c1C)O2. The van der Waals surface area contributed by atoms with Crippen LogP contribution in [0.4, 0.5) is 0 Å². The quantitative estimate of drug-likeness (QED) is 0.0131. The number of phenols is 10. The summed E-state index contributed by atoms with van der Waals surface area (Å²) in [5.74, 6) is 2.27. The van der Waals surface area contributed by atoms with Crippen LogP contribution < -0.4 is 9.47 Å². The number of aldehydes is 3. The fourth-order valence-electron chi connectivity index (χ4n) is 12.7. The van der Waals surface area contributed by atoms with Gasteiger partial charge in [0.2, 0.25) is 0 Å². The smallest absolute Gasteiger partial charge is 0.168 e. The predicted molar refractivity (Wildman–Crippen MR) is 402 cm³/mol. The van der Waals surface area contributed by atoms with Crippen LogP contribution in [0, 0.1) is 69.2 Å². The van der Waals surface area contributed by atoms with Crippen molar-refractivity contribution in [3.05, 3.63) is 249 Å². The molecule has 15 nitrogen and oxygen atoms in total. The fraction of sp³-hybridized carbons (Fsp3) is 0.314. The third-order valence-corrected chi connectivity index (χ3v) is 19.4. The van der Waals surface area contributed by atoms with Crippen molar-refractivity contribution in [1.82, 2.24) is 0 Å². The van der Waals surface area contributed by atoms with Crippen LogP contribution in [-0.2, 0) is 44.9 Å². The molecule has 0 amide bonds. The molecule has 8 aromatic rings. The van der Waals surface area contributed by atoms with Crippen molar-refractivity contribution in [2.75, 3.05) is 7.11 Å². The van der Waals surface area contributed by atoms with Gasteiger partial charge in [0.1, 0.15) is 63.1 Å². The molecule has 0 fully saturated rings. The Balaban J connectivity index is 0.000000212. The van der Waals surface area contributed by atoms with Crippen LogP contribution in [0.2, 0.25) is 0 Å². The monoisotopic (exact) mass is 1370 g/mol. The summed E-state index contributed by atoms with van der Waals surface area (Å²) >= 11 is 0. The number of aromatic hydroxyl groups is 10. The first-order valence-corrected chi connectivity index (χ1v) is 33.9. The topological polar surface area (TPSA) is 272 Å². The van der Waals surface area contributed by atoms with Gasteiger partial charge >= 0.3 is 0 Å². The number of benzene rings is 8. The highest BCUT2D eigenvalue weighted by Gasteiger charge is 2.28. The van der Waals surface area contributed by atoms with Crippen LogP contribution >= 0.6 is 0 Å². The highest BCUT2D eigenvalue weighted by molar-refractivity contribution is 5.85. The zero-order valence-electron chi connectivity index (χ0n) is 61.1. The lowest BCUT2D eigenvalue weighted by molar-refractivity contribution is 0.111. The summed E-state index contributed by atoms with van der Waals surface area (Å²) in [6.45, 7) is 27.8. The summed E-state index contributed by atoms with van der Waals surface area (Å²) in [4.78, 5) is 33.6. The van der Waals surface area contributed by atoms with Gasteiger partial charge in [0.15, 0.2) is 30.4 Å². The lowest BCUT2D eigenvalue weighted by atomic mass is 9.88. The number of carbonyl (C=O) groups is 3. The predicted octanol–water partition coefficient (Wildman–Crippen LogP) is 18.5. The highest BCUT2D eigenvalue weighted by atomic mass is 16.5. The number of phenolic OH excluding ortho intramolecular Hbond substituents is 10. The zero-order chi connectivity index (χ0) is 74.7. The maximum atomic E-state index is 11.2. The molecule has 1 aliphatic rings. The molecule has 1 unspecified atom stereocenters. The average Bonchev–Trinajstić information content (AvgIpc) is 0.806. The summed E-state index contributed by atoms with van der Waals surface area (Å²) < 4.78 is 11.7.